The van der Waals surface area contributed by atoms with Gasteiger partial charge >= 0.3 is 37.2 Å². The number of ether oxygens (including phenoxy) is 5. The predicted molar refractivity (Wildman–Crippen MR) is 139 cm³/mol. The van der Waals surface area contributed by atoms with E-state index in [0.29, 0.717) is 6.08 Å². The molecule has 3 aliphatic rings. The molecule has 0 saturated carbocycles. The first-order valence-corrected chi connectivity index (χ1v) is 17.1. The van der Waals surface area contributed by atoms with Crippen LogP contribution in [0.2, 0.25) is 0 Å². The number of hydrogen-bond donors (Lipinski definition) is 9. The molecule has 13 atom stereocenters. The lowest BCUT2D eigenvalue weighted by Gasteiger charge is -2.45. The Labute approximate surface area is 265 Å². The Morgan fingerprint density at radius 2 is 1.30 bits per heavy atom. The number of carboxylic acids is 1. The van der Waals surface area contributed by atoms with Crippen molar-refractivity contribution < 1.29 is 111 Å². The molecule has 9 unspecified atom stereocenters. The monoisotopic (exact) mass is 752 g/mol. The molecule has 27 heteroatoms. The van der Waals surface area contributed by atoms with Crippen LogP contribution in [0.1, 0.15) is 6.92 Å². The van der Waals surface area contributed by atoms with Gasteiger partial charge < -0.3 is 54.3 Å². The summed E-state index contributed by atoms with van der Waals surface area (Å²) in [6.45, 7) is -1.72. The maximum Gasteiger partial charge on any atom is 0.397 e. The molecule has 24 nitrogen and oxygen atoms in total. The third-order valence-corrected chi connectivity index (χ3v) is 8.33. The van der Waals surface area contributed by atoms with Crippen LogP contribution in [0.3, 0.4) is 0 Å². The fourth-order valence-corrected chi connectivity index (χ4v) is 6.12. The molecule has 0 aromatic heterocycles. The van der Waals surface area contributed by atoms with Gasteiger partial charge in [0.05, 0.1) is 32.0 Å². The van der Waals surface area contributed by atoms with Crippen LogP contribution in [-0.2, 0) is 72.2 Å². The molecule has 9 N–H and O–H groups in total. The molecule has 0 aromatic carbocycles. The number of carbonyl (C=O) groups is 1. The first-order chi connectivity index (χ1) is 21.5. The van der Waals surface area contributed by atoms with Gasteiger partial charge in [-0.1, -0.05) is 0 Å². The van der Waals surface area contributed by atoms with Crippen LogP contribution in [0.25, 0.3) is 0 Å². The predicted octanol–water partition coefficient (Wildman–Crippen LogP) is -5.32. The van der Waals surface area contributed by atoms with Crippen molar-refractivity contribution in [3.63, 3.8) is 0 Å². The van der Waals surface area contributed by atoms with Crippen molar-refractivity contribution >= 4 is 37.2 Å². The minimum absolute atomic E-state index is 0.669. The van der Waals surface area contributed by atoms with E-state index in [4.69, 9.17) is 37.9 Å². The Hall–Kier alpha value is -1.74. The Morgan fingerprint density at radius 1 is 0.745 bits per heavy atom. The second-order valence-corrected chi connectivity index (χ2v) is 13.4. The standard InChI is InChI=1S/C20H32O24S3/c1-6-15(43-46(31,32)33)14(24)16(44-47(34,35)36)20(40-6)38-3-7-8(18(27)41-11(12(7)22)5-39-45(28,29)30)4-37-19-13(23)9(21)2-10(42-19)17(25)26/h2,6-9,11-16,18-24,27H,3-5H2,1H3,(H,25,26)(H,28,29,30)(H,31,32,33)(H,34,35,36)/t6?,7?,8?,9?,11?,12-,13?,14?,15+,16?,18?,19-,20-/m1/s1. The van der Waals surface area contributed by atoms with Crippen molar-refractivity contribution in [3.05, 3.63) is 11.8 Å². The lowest BCUT2D eigenvalue weighted by molar-refractivity contribution is -0.309. The van der Waals surface area contributed by atoms with Crippen molar-refractivity contribution in [2.75, 3.05) is 19.8 Å². The van der Waals surface area contributed by atoms with E-state index in [9.17, 15) is 60.1 Å². The first kappa shape index (κ1) is 39.7. The maximum atomic E-state index is 11.5. The van der Waals surface area contributed by atoms with E-state index in [1.54, 1.807) is 0 Å². The molecule has 0 radical (unpaired) electrons. The molecule has 0 aliphatic carbocycles. The minimum atomic E-state index is -5.44. The number of rotatable bonds is 14. The number of hydrogen-bond acceptors (Lipinski definition) is 20. The average molecular weight is 753 g/mol. The van der Waals surface area contributed by atoms with Crippen LogP contribution >= 0.6 is 0 Å². The normalized spacial score (nSPS) is 38.7. The quantitative estimate of drug-likeness (QED) is 0.0748. The van der Waals surface area contributed by atoms with Gasteiger partial charge in [0.15, 0.2) is 18.7 Å². The summed E-state index contributed by atoms with van der Waals surface area (Å²) in [6.07, 6.45) is -20.8. The van der Waals surface area contributed by atoms with Crippen molar-refractivity contribution in [2.24, 2.45) is 11.8 Å². The molecule has 274 valence electrons. The summed E-state index contributed by atoms with van der Waals surface area (Å²) in [5.74, 6) is -5.49. The summed E-state index contributed by atoms with van der Waals surface area (Å²) in [6, 6.07) is 0. The Morgan fingerprint density at radius 3 is 1.85 bits per heavy atom. The molecular formula is C20H32O24S3. The van der Waals surface area contributed by atoms with Crippen LogP contribution in [0.5, 0.6) is 0 Å². The van der Waals surface area contributed by atoms with Crippen molar-refractivity contribution in [3.8, 4) is 0 Å². The average Bonchev–Trinajstić information content (AvgIpc) is 2.92. The lowest BCUT2D eigenvalue weighted by atomic mass is 9.83. The molecule has 3 rings (SSSR count). The van der Waals surface area contributed by atoms with Crippen LogP contribution in [0, 0.1) is 11.8 Å². The SMILES string of the molecule is CC1O[C@@H](OCC2C(CO[C@@H]3OC(C(=O)O)=CC(O)C3O)C(O)OC(COS(=O)(=O)O)[C@@H]2O)C(OS(=O)(=O)O)C(O)[C@H]1OS(=O)(=O)O. The molecule has 0 aromatic rings. The second kappa shape index (κ2) is 15.4. The smallest absolute Gasteiger partial charge is 0.397 e. The van der Waals surface area contributed by atoms with Gasteiger partial charge in [-0.3, -0.25) is 13.7 Å². The third-order valence-electron chi connectivity index (χ3n) is 6.96. The molecule has 0 spiro atoms. The highest BCUT2D eigenvalue weighted by Gasteiger charge is 2.51. The zero-order valence-electron chi connectivity index (χ0n) is 23.6. The van der Waals surface area contributed by atoms with Crippen molar-refractivity contribution in [1.82, 2.24) is 0 Å². The third kappa shape index (κ3) is 11.1. The van der Waals surface area contributed by atoms with Gasteiger partial charge in [-0.2, -0.15) is 25.3 Å². The molecule has 0 amide bonds. The van der Waals surface area contributed by atoms with Crippen LogP contribution in [-0.4, -0.2) is 163 Å². The summed E-state index contributed by atoms with van der Waals surface area (Å²) < 4.78 is 134. The topological polar surface area (TPSA) is 375 Å². The largest absolute Gasteiger partial charge is 0.475 e. The molecule has 3 heterocycles. The summed E-state index contributed by atoms with van der Waals surface area (Å²) >= 11 is 0. The lowest BCUT2D eigenvalue weighted by Crippen LogP contribution is -2.61. The van der Waals surface area contributed by atoms with Gasteiger partial charge in [0.2, 0.25) is 12.0 Å². The van der Waals surface area contributed by atoms with Gasteiger partial charge in [0.1, 0.15) is 30.5 Å². The Bertz CT molecular complexity index is 1450. The minimum Gasteiger partial charge on any atom is -0.475 e. The van der Waals surface area contributed by atoms with Crippen LogP contribution in [0.15, 0.2) is 11.8 Å². The van der Waals surface area contributed by atoms with Gasteiger partial charge in [0, 0.05) is 11.8 Å². The highest BCUT2D eigenvalue weighted by atomic mass is 32.3. The highest BCUT2D eigenvalue weighted by Crippen LogP contribution is 2.35. The number of aliphatic carboxylic acids is 1. The zero-order valence-corrected chi connectivity index (χ0v) is 26.0. The first-order valence-electron chi connectivity index (χ1n) is 13.0. The number of carboxylic acid groups (broad SMARTS) is 1. The van der Waals surface area contributed by atoms with Gasteiger partial charge in [-0.05, 0) is 13.0 Å². The summed E-state index contributed by atoms with van der Waals surface area (Å²) in [5.41, 5.74) is 0. The summed E-state index contributed by atoms with van der Waals surface area (Å²) in [5, 5.41) is 61.6. The van der Waals surface area contributed by atoms with E-state index < -0.39 is 142 Å². The Balaban J connectivity index is 1.87. The molecular weight excluding hydrogens is 720 g/mol. The maximum absolute atomic E-state index is 11.5. The number of aliphatic hydroxyl groups excluding tert-OH is 5. The van der Waals surface area contributed by atoms with Gasteiger partial charge in [0.25, 0.3) is 0 Å². The fraction of sp³-hybridized carbons (Fsp3) is 0.850. The number of aliphatic hydroxyl groups is 5. The molecule has 0 bridgehead atoms. The second-order valence-electron chi connectivity index (χ2n) is 10.2. The van der Waals surface area contributed by atoms with Gasteiger partial charge in [-0.15, -0.1) is 0 Å². The van der Waals surface area contributed by atoms with E-state index >= 15 is 0 Å². The van der Waals surface area contributed by atoms with E-state index in [1.807, 2.05) is 0 Å². The summed E-state index contributed by atoms with van der Waals surface area (Å²) in [4.78, 5) is 11.3. The van der Waals surface area contributed by atoms with E-state index in [1.165, 1.54) is 0 Å². The van der Waals surface area contributed by atoms with Crippen molar-refractivity contribution in [2.45, 2.75) is 74.6 Å². The van der Waals surface area contributed by atoms with Gasteiger partial charge in [-0.25, -0.2) is 17.3 Å². The summed E-state index contributed by atoms with van der Waals surface area (Å²) in [7, 11) is -15.8. The van der Waals surface area contributed by atoms with E-state index in [2.05, 4.69) is 12.5 Å². The highest BCUT2D eigenvalue weighted by molar-refractivity contribution is 7.81. The Kier molecular flexibility index (Phi) is 13.0. The molecule has 47 heavy (non-hydrogen) atoms. The zero-order chi connectivity index (χ0) is 35.6. The van der Waals surface area contributed by atoms with E-state index in [-0.39, 0.29) is 0 Å². The fourth-order valence-electron chi connectivity index (χ4n) is 4.78. The molecule has 3 aliphatic heterocycles. The van der Waals surface area contributed by atoms with Crippen LogP contribution in [0.4, 0.5) is 0 Å². The molecule has 2 saturated heterocycles. The molecule has 2 fully saturated rings. The van der Waals surface area contributed by atoms with E-state index in [0.717, 1.165) is 6.92 Å². The van der Waals surface area contributed by atoms with Crippen LogP contribution < -0.4 is 0 Å². The van der Waals surface area contributed by atoms with Crippen molar-refractivity contribution in [1.29, 1.82) is 0 Å².